The summed E-state index contributed by atoms with van der Waals surface area (Å²) < 4.78 is 5.05. The summed E-state index contributed by atoms with van der Waals surface area (Å²) in [5.74, 6) is 2.03. The lowest BCUT2D eigenvalue weighted by Crippen LogP contribution is -2.07. The highest BCUT2D eigenvalue weighted by Gasteiger charge is 2.02. The first-order valence-electron chi connectivity index (χ1n) is 5.68. The summed E-state index contributed by atoms with van der Waals surface area (Å²) in [6.07, 6.45) is 2.33. The minimum Gasteiger partial charge on any atom is -0.481 e. The maximum atomic E-state index is 5.81. The summed E-state index contributed by atoms with van der Waals surface area (Å²) in [5, 5.41) is 3.23. The van der Waals surface area contributed by atoms with Gasteiger partial charge in [0.05, 0.1) is 12.8 Å². The molecule has 4 heteroatoms. The summed E-state index contributed by atoms with van der Waals surface area (Å²) in [6, 6.07) is 3.56. The van der Waals surface area contributed by atoms with Crippen molar-refractivity contribution >= 4 is 11.5 Å². The molecule has 0 unspecified atom stereocenters. The summed E-state index contributed by atoms with van der Waals surface area (Å²) >= 11 is 0. The van der Waals surface area contributed by atoms with Gasteiger partial charge in [-0.25, -0.2) is 0 Å². The largest absolute Gasteiger partial charge is 0.481 e. The number of nitrogens with two attached hydrogens (primary N) is 1. The molecule has 0 aliphatic carbocycles. The minimum absolute atomic E-state index is 0.584. The molecule has 16 heavy (non-hydrogen) atoms. The zero-order valence-corrected chi connectivity index (χ0v) is 10.3. The molecule has 0 aliphatic rings. The summed E-state index contributed by atoms with van der Waals surface area (Å²) in [4.78, 5) is 4.25. The van der Waals surface area contributed by atoms with E-state index in [-0.39, 0.29) is 0 Å². The zero-order valence-electron chi connectivity index (χ0n) is 10.3. The average Bonchev–Trinajstić information content (AvgIpc) is 2.26. The molecular formula is C12H21N3O. The van der Waals surface area contributed by atoms with Crippen molar-refractivity contribution in [2.24, 2.45) is 5.92 Å². The fourth-order valence-corrected chi connectivity index (χ4v) is 1.42. The molecule has 4 nitrogen and oxygen atoms in total. The molecule has 1 rings (SSSR count). The van der Waals surface area contributed by atoms with Crippen LogP contribution in [0.15, 0.2) is 12.1 Å². The van der Waals surface area contributed by atoms with Gasteiger partial charge in [-0.15, -0.1) is 0 Å². The van der Waals surface area contributed by atoms with E-state index in [1.807, 2.05) is 0 Å². The molecule has 3 N–H and O–H groups in total. The van der Waals surface area contributed by atoms with Gasteiger partial charge in [-0.2, -0.15) is 4.98 Å². The van der Waals surface area contributed by atoms with Gasteiger partial charge < -0.3 is 15.8 Å². The van der Waals surface area contributed by atoms with Crippen molar-refractivity contribution in [1.82, 2.24) is 4.98 Å². The van der Waals surface area contributed by atoms with E-state index in [0.717, 1.165) is 18.9 Å². The molecule has 1 heterocycles. The van der Waals surface area contributed by atoms with Gasteiger partial charge in [0.25, 0.3) is 0 Å². The smallest absolute Gasteiger partial charge is 0.215 e. The molecule has 0 fully saturated rings. The number of ether oxygens (including phenoxy) is 1. The van der Waals surface area contributed by atoms with Gasteiger partial charge in [0.2, 0.25) is 5.88 Å². The summed E-state index contributed by atoms with van der Waals surface area (Å²) in [5.41, 5.74) is 6.46. The molecule has 0 saturated carbocycles. The fraction of sp³-hybridized carbons (Fsp3) is 0.583. The number of nitrogen functional groups attached to an aromatic ring is 1. The Bertz CT molecular complexity index is 326. The van der Waals surface area contributed by atoms with E-state index >= 15 is 0 Å². The first-order chi connectivity index (χ1) is 7.63. The number of methoxy groups -OCH3 is 1. The van der Waals surface area contributed by atoms with Crippen LogP contribution in [0.4, 0.5) is 11.5 Å². The van der Waals surface area contributed by atoms with Crippen molar-refractivity contribution in [3.63, 3.8) is 0 Å². The van der Waals surface area contributed by atoms with Gasteiger partial charge in [0, 0.05) is 12.6 Å². The van der Waals surface area contributed by atoms with E-state index in [1.54, 1.807) is 19.2 Å². The number of aromatic nitrogens is 1. The number of rotatable bonds is 6. The van der Waals surface area contributed by atoms with Crippen LogP contribution in [0.5, 0.6) is 5.88 Å². The van der Waals surface area contributed by atoms with Crippen LogP contribution in [-0.2, 0) is 0 Å². The Kier molecular flexibility index (Phi) is 4.89. The highest BCUT2D eigenvalue weighted by atomic mass is 16.5. The zero-order chi connectivity index (χ0) is 12.0. The Morgan fingerprint density at radius 1 is 1.44 bits per heavy atom. The Hall–Kier alpha value is -1.45. The van der Waals surface area contributed by atoms with Crippen LogP contribution in [0.1, 0.15) is 26.7 Å². The summed E-state index contributed by atoms with van der Waals surface area (Å²) in [7, 11) is 1.60. The van der Waals surface area contributed by atoms with E-state index < -0.39 is 0 Å². The van der Waals surface area contributed by atoms with E-state index in [0.29, 0.717) is 17.4 Å². The normalized spacial score (nSPS) is 10.5. The van der Waals surface area contributed by atoms with Crippen LogP contribution in [0.2, 0.25) is 0 Å². The number of anilines is 2. The van der Waals surface area contributed by atoms with Crippen molar-refractivity contribution in [1.29, 1.82) is 0 Å². The molecule has 0 aliphatic heterocycles. The molecule has 0 bridgehead atoms. The first kappa shape index (κ1) is 12.6. The lowest BCUT2D eigenvalue weighted by molar-refractivity contribution is 0.398. The van der Waals surface area contributed by atoms with Crippen LogP contribution in [-0.4, -0.2) is 18.6 Å². The van der Waals surface area contributed by atoms with Gasteiger partial charge in [0.1, 0.15) is 0 Å². The second-order valence-electron chi connectivity index (χ2n) is 4.25. The average molecular weight is 223 g/mol. The van der Waals surface area contributed by atoms with Crippen LogP contribution in [0.3, 0.4) is 0 Å². The molecule has 1 aromatic heterocycles. The maximum absolute atomic E-state index is 5.81. The van der Waals surface area contributed by atoms with E-state index in [1.165, 1.54) is 6.42 Å². The number of nitrogens with zero attached hydrogens (tertiary/aromatic N) is 1. The first-order valence-corrected chi connectivity index (χ1v) is 5.68. The third-order valence-corrected chi connectivity index (χ3v) is 2.36. The van der Waals surface area contributed by atoms with Crippen molar-refractivity contribution in [2.75, 3.05) is 24.7 Å². The Morgan fingerprint density at radius 2 is 2.19 bits per heavy atom. The minimum atomic E-state index is 0.584. The number of pyridine rings is 1. The molecule has 1 aromatic rings. The van der Waals surface area contributed by atoms with E-state index in [2.05, 4.69) is 24.1 Å². The Labute approximate surface area is 97.2 Å². The number of hydrogen-bond acceptors (Lipinski definition) is 4. The number of hydrogen-bond donors (Lipinski definition) is 2. The van der Waals surface area contributed by atoms with Crippen molar-refractivity contribution in [3.05, 3.63) is 12.1 Å². The predicted molar refractivity (Wildman–Crippen MR) is 67.8 cm³/mol. The van der Waals surface area contributed by atoms with Gasteiger partial charge in [0.15, 0.2) is 5.82 Å². The van der Waals surface area contributed by atoms with Crippen LogP contribution in [0.25, 0.3) is 0 Å². The monoisotopic (exact) mass is 223 g/mol. The number of nitrogens with one attached hydrogen (secondary N) is 1. The topological polar surface area (TPSA) is 60.2 Å². The van der Waals surface area contributed by atoms with Crippen molar-refractivity contribution in [3.8, 4) is 5.88 Å². The van der Waals surface area contributed by atoms with E-state index in [9.17, 15) is 0 Å². The van der Waals surface area contributed by atoms with Gasteiger partial charge in [-0.05, 0) is 24.8 Å². The second-order valence-corrected chi connectivity index (χ2v) is 4.25. The summed E-state index contributed by atoms with van der Waals surface area (Å²) in [6.45, 7) is 5.33. The molecule has 0 radical (unpaired) electrons. The van der Waals surface area contributed by atoms with Crippen molar-refractivity contribution in [2.45, 2.75) is 26.7 Å². The molecule has 0 amide bonds. The third-order valence-electron chi connectivity index (χ3n) is 2.36. The highest BCUT2D eigenvalue weighted by Crippen LogP contribution is 2.19. The predicted octanol–water partition coefficient (Wildman–Crippen LogP) is 2.52. The molecule has 0 aromatic carbocycles. The van der Waals surface area contributed by atoms with Crippen LogP contribution < -0.4 is 15.8 Å². The Balaban J connectivity index is 2.46. The molecule has 0 saturated heterocycles. The molecular weight excluding hydrogens is 202 g/mol. The van der Waals surface area contributed by atoms with E-state index in [4.69, 9.17) is 10.5 Å². The Morgan fingerprint density at radius 3 is 2.81 bits per heavy atom. The lowest BCUT2D eigenvalue weighted by Gasteiger charge is -2.10. The third kappa shape index (κ3) is 3.96. The van der Waals surface area contributed by atoms with Gasteiger partial charge in [-0.3, -0.25) is 0 Å². The molecule has 0 spiro atoms. The van der Waals surface area contributed by atoms with Crippen LogP contribution >= 0.6 is 0 Å². The maximum Gasteiger partial charge on any atom is 0.215 e. The van der Waals surface area contributed by atoms with Gasteiger partial charge in [-0.1, -0.05) is 13.8 Å². The molecule has 90 valence electrons. The molecule has 0 atom stereocenters. The standard InChI is InChI=1S/C12H21N3O/c1-9(2)5-4-8-14-12-10(13)6-7-11(15-12)16-3/h6-7,9H,4-5,8,13H2,1-3H3,(H,14,15). The van der Waals surface area contributed by atoms with Crippen LogP contribution in [0, 0.1) is 5.92 Å². The van der Waals surface area contributed by atoms with Gasteiger partial charge >= 0.3 is 0 Å². The SMILES string of the molecule is COc1ccc(N)c(NCCCC(C)C)n1. The quantitative estimate of drug-likeness (QED) is 0.727. The fourth-order valence-electron chi connectivity index (χ4n) is 1.42. The van der Waals surface area contributed by atoms with Crippen molar-refractivity contribution < 1.29 is 4.74 Å². The second kappa shape index (κ2) is 6.20. The lowest BCUT2D eigenvalue weighted by atomic mass is 10.1. The highest BCUT2D eigenvalue weighted by molar-refractivity contribution is 5.61.